The van der Waals surface area contributed by atoms with E-state index in [1.165, 1.54) is 11.3 Å². The number of benzene rings is 1. The van der Waals surface area contributed by atoms with Crippen LogP contribution in [0.4, 0.5) is 5.13 Å². The predicted molar refractivity (Wildman–Crippen MR) is 92.0 cm³/mol. The van der Waals surface area contributed by atoms with Crippen molar-refractivity contribution in [2.45, 2.75) is 0 Å². The third-order valence-corrected chi connectivity index (χ3v) is 3.85. The zero-order valence-electron chi connectivity index (χ0n) is 13.8. The molecule has 0 saturated heterocycles. The number of ether oxygens (including phenoxy) is 4. The Hall–Kier alpha value is -2.16. The molecule has 1 N–H and O–H groups in total. The van der Waals surface area contributed by atoms with Gasteiger partial charge in [-0.05, 0) is 18.2 Å². The van der Waals surface area contributed by atoms with Gasteiger partial charge in [-0.1, -0.05) is 0 Å². The van der Waals surface area contributed by atoms with E-state index >= 15 is 0 Å². The summed E-state index contributed by atoms with van der Waals surface area (Å²) < 4.78 is 20.5. The number of amides is 1. The lowest BCUT2D eigenvalue weighted by atomic mass is 10.1. The van der Waals surface area contributed by atoms with Crippen LogP contribution in [-0.4, -0.2) is 52.0 Å². The highest BCUT2D eigenvalue weighted by Crippen LogP contribution is 2.33. The van der Waals surface area contributed by atoms with Crippen molar-refractivity contribution in [3.8, 4) is 22.8 Å². The van der Waals surface area contributed by atoms with E-state index in [9.17, 15) is 4.79 Å². The van der Waals surface area contributed by atoms with Gasteiger partial charge in [-0.3, -0.25) is 10.1 Å². The summed E-state index contributed by atoms with van der Waals surface area (Å²) in [5.74, 6) is 1.03. The lowest BCUT2D eigenvalue weighted by Crippen LogP contribution is -2.19. The molecule has 1 heterocycles. The molecule has 1 aromatic heterocycles. The molecule has 0 saturated carbocycles. The number of nitrogens with zero attached hydrogens (tertiary/aromatic N) is 1. The van der Waals surface area contributed by atoms with Gasteiger partial charge in [-0.2, -0.15) is 0 Å². The van der Waals surface area contributed by atoms with Gasteiger partial charge in [0.1, 0.15) is 6.61 Å². The molecule has 1 amide bonds. The third kappa shape index (κ3) is 4.92. The molecular formula is C16H20N2O5S. The first-order valence-electron chi connectivity index (χ1n) is 7.22. The molecule has 0 aliphatic carbocycles. The first kappa shape index (κ1) is 18.2. The Kier molecular flexibility index (Phi) is 6.98. The van der Waals surface area contributed by atoms with Crippen LogP contribution in [-0.2, 0) is 14.3 Å². The number of hydrogen-bond acceptors (Lipinski definition) is 7. The number of thiazole rings is 1. The van der Waals surface area contributed by atoms with E-state index in [4.69, 9.17) is 18.9 Å². The van der Waals surface area contributed by atoms with Crippen molar-refractivity contribution in [3.63, 3.8) is 0 Å². The minimum atomic E-state index is -0.251. The predicted octanol–water partition coefficient (Wildman–Crippen LogP) is 2.43. The number of rotatable bonds is 9. The van der Waals surface area contributed by atoms with Crippen molar-refractivity contribution in [3.05, 3.63) is 23.6 Å². The monoisotopic (exact) mass is 352 g/mol. The molecule has 0 fully saturated rings. The zero-order chi connectivity index (χ0) is 17.4. The summed E-state index contributed by atoms with van der Waals surface area (Å²) in [4.78, 5) is 16.2. The van der Waals surface area contributed by atoms with Gasteiger partial charge >= 0.3 is 0 Å². The molecular weight excluding hydrogens is 332 g/mol. The van der Waals surface area contributed by atoms with Gasteiger partial charge in [0.05, 0.1) is 33.1 Å². The summed E-state index contributed by atoms with van der Waals surface area (Å²) in [6.45, 7) is 0.793. The van der Waals surface area contributed by atoms with Crippen LogP contribution >= 0.6 is 11.3 Å². The fourth-order valence-corrected chi connectivity index (χ4v) is 2.66. The molecule has 2 rings (SSSR count). The quantitative estimate of drug-likeness (QED) is 0.698. The summed E-state index contributed by atoms with van der Waals surface area (Å²) in [5, 5.41) is 5.08. The van der Waals surface area contributed by atoms with Crippen molar-refractivity contribution in [2.75, 3.05) is 46.5 Å². The number of hydrogen-bond donors (Lipinski definition) is 1. The highest BCUT2D eigenvalue weighted by Gasteiger charge is 2.11. The maximum Gasteiger partial charge on any atom is 0.252 e. The van der Waals surface area contributed by atoms with Crippen molar-refractivity contribution in [1.82, 2.24) is 4.98 Å². The summed E-state index contributed by atoms with van der Waals surface area (Å²) in [6.07, 6.45) is 0. The zero-order valence-corrected chi connectivity index (χ0v) is 14.6. The highest BCUT2D eigenvalue weighted by atomic mass is 32.1. The third-order valence-electron chi connectivity index (χ3n) is 3.09. The van der Waals surface area contributed by atoms with Gasteiger partial charge in [0.25, 0.3) is 5.91 Å². The van der Waals surface area contributed by atoms with Gasteiger partial charge in [-0.25, -0.2) is 4.98 Å². The lowest BCUT2D eigenvalue weighted by Gasteiger charge is -2.08. The van der Waals surface area contributed by atoms with Crippen LogP contribution in [0, 0.1) is 0 Å². The number of methoxy groups -OCH3 is 3. The number of carbonyl (C=O) groups is 1. The fraction of sp³-hybridized carbons (Fsp3) is 0.375. The standard InChI is InChI=1S/C16H20N2O5S/c1-20-6-7-23-9-15(19)18-16-17-12(10-24-16)11-4-5-13(21-2)14(8-11)22-3/h4-5,8,10H,6-7,9H2,1-3H3,(H,17,18,19). The van der Waals surface area contributed by atoms with Crippen LogP contribution in [0.3, 0.4) is 0 Å². The second kappa shape index (κ2) is 9.21. The maximum atomic E-state index is 11.8. The second-order valence-electron chi connectivity index (χ2n) is 4.70. The maximum absolute atomic E-state index is 11.8. The molecule has 0 bridgehead atoms. The number of nitrogens with one attached hydrogen (secondary N) is 1. The second-order valence-corrected chi connectivity index (χ2v) is 5.56. The van der Waals surface area contributed by atoms with E-state index in [-0.39, 0.29) is 12.5 Å². The topological polar surface area (TPSA) is 78.9 Å². The normalized spacial score (nSPS) is 10.5. The molecule has 0 spiro atoms. The molecule has 0 unspecified atom stereocenters. The lowest BCUT2D eigenvalue weighted by molar-refractivity contribution is -0.121. The van der Waals surface area contributed by atoms with Crippen molar-refractivity contribution in [1.29, 1.82) is 0 Å². The molecule has 130 valence electrons. The smallest absolute Gasteiger partial charge is 0.252 e. The van der Waals surface area contributed by atoms with Gasteiger partial charge in [0.15, 0.2) is 16.6 Å². The number of carbonyl (C=O) groups excluding carboxylic acids is 1. The van der Waals surface area contributed by atoms with E-state index in [1.54, 1.807) is 21.3 Å². The Morgan fingerprint density at radius 2 is 1.96 bits per heavy atom. The van der Waals surface area contributed by atoms with E-state index in [0.29, 0.717) is 29.8 Å². The van der Waals surface area contributed by atoms with Crippen LogP contribution in [0.1, 0.15) is 0 Å². The molecule has 0 aliphatic heterocycles. The van der Waals surface area contributed by atoms with Crippen LogP contribution < -0.4 is 14.8 Å². The molecule has 1 aromatic carbocycles. The van der Waals surface area contributed by atoms with Crippen molar-refractivity contribution < 1.29 is 23.7 Å². The first-order chi connectivity index (χ1) is 11.7. The van der Waals surface area contributed by atoms with E-state index < -0.39 is 0 Å². The molecule has 0 radical (unpaired) electrons. The average molecular weight is 352 g/mol. The van der Waals surface area contributed by atoms with Crippen LogP contribution in [0.15, 0.2) is 23.6 Å². The molecule has 0 aliphatic rings. The van der Waals surface area contributed by atoms with Crippen molar-refractivity contribution >= 4 is 22.4 Å². The number of aromatic nitrogens is 1. The van der Waals surface area contributed by atoms with E-state index in [0.717, 1.165) is 11.3 Å². The molecule has 7 nitrogen and oxygen atoms in total. The van der Waals surface area contributed by atoms with Crippen LogP contribution in [0.2, 0.25) is 0 Å². The van der Waals surface area contributed by atoms with Crippen LogP contribution in [0.5, 0.6) is 11.5 Å². The van der Waals surface area contributed by atoms with Gasteiger partial charge in [-0.15, -0.1) is 11.3 Å². The summed E-state index contributed by atoms with van der Waals surface area (Å²) in [6, 6.07) is 5.54. The Morgan fingerprint density at radius 3 is 2.67 bits per heavy atom. The van der Waals surface area contributed by atoms with E-state index in [2.05, 4.69) is 10.3 Å². The van der Waals surface area contributed by atoms with Gasteiger partial charge < -0.3 is 18.9 Å². The minimum absolute atomic E-state index is 0.0331. The molecule has 0 atom stereocenters. The van der Waals surface area contributed by atoms with E-state index in [1.807, 2.05) is 23.6 Å². The molecule has 24 heavy (non-hydrogen) atoms. The Bertz CT molecular complexity index is 674. The average Bonchev–Trinajstić information content (AvgIpc) is 3.06. The largest absolute Gasteiger partial charge is 0.493 e. The first-order valence-corrected chi connectivity index (χ1v) is 8.10. The Balaban J connectivity index is 1.99. The SMILES string of the molecule is COCCOCC(=O)Nc1nc(-c2ccc(OC)c(OC)c2)cs1. The van der Waals surface area contributed by atoms with Crippen LogP contribution in [0.25, 0.3) is 11.3 Å². The Labute approximate surface area is 144 Å². The highest BCUT2D eigenvalue weighted by molar-refractivity contribution is 7.14. The molecule has 8 heteroatoms. The summed E-state index contributed by atoms with van der Waals surface area (Å²) in [5.41, 5.74) is 1.62. The van der Waals surface area contributed by atoms with Gasteiger partial charge in [0, 0.05) is 18.1 Å². The Morgan fingerprint density at radius 1 is 1.17 bits per heavy atom. The minimum Gasteiger partial charge on any atom is -0.493 e. The summed E-state index contributed by atoms with van der Waals surface area (Å²) in [7, 11) is 4.75. The number of anilines is 1. The summed E-state index contributed by atoms with van der Waals surface area (Å²) >= 11 is 1.34. The van der Waals surface area contributed by atoms with Gasteiger partial charge in [0.2, 0.25) is 0 Å². The van der Waals surface area contributed by atoms with Crippen molar-refractivity contribution in [2.24, 2.45) is 0 Å². The fourth-order valence-electron chi connectivity index (χ4n) is 1.92. The molecule has 2 aromatic rings.